The van der Waals surface area contributed by atoms with Crippen molar-refractivity contribution < 1.29 is 9.53 Å². The van der Waals surface area contributed by atoms with E-state index >= 15 is 0 Å². The minimum Gasteiger partial charge on any atom is -0.378 e. The monoisotopic (exact) mass is 378 g/mol. The first-order valence-corrected chi connectivity index (χ1v) is 9.15. The second-order valence-electron chi connectivity index (χ2n) is 6.74. The molecule has 0 radical (unpaired) electrons. The van der Waals surface area contributed by atoms with Gasteiger partial charge in [0.05, 0.1) is 25.1 Å². The molecule has 0 unspecified atom stereocenters. The van der Waals surface area contributed by atoms with Gasteiger partial charge in [-0.2, -0.15) is 0 Å². The predicted octanol–water partition coefficient (Wildman–Crippen LogP) is 2.27. The summed E-state index contributed by atoms with van der Waals surface area (Å²) in [5, 5.41) is 2.87. The number of carbonyl (C=O) groups is 1. The van der Waals surface area contributed by atoms with Crippen molar-refractivity contribution >= 4 is 17.5 Å². The van der Waals surface area contributed by atoms with Gasteiger partial charge in [-0.1, -0.05) is 0 Å². The minimum absolute atomic E-state index is 0.190. The van der Waals surface area contributed by atoms with E-state index in [9.17, 15) is 4.79 Å². The summed E-state index contributed by atoms with van der Waals surface area (Å²) in [6, 6.07) is 5.53. The molecule has 3 aromatic rings. The van der Waals surface area contributed by atoms with Crippen molar-refractivity contribution in [2.75, 3.05) is 36.5 Å². The average molecular weight is 378 g/mol. The SMILES string of the molecule is Cc1ccc(NC(=O)c2cc(-c3cnc(N4CCOCC4)nc3)cn2C)cn1. The summed E-state index contributed by atoms with van der Waals surface area (Å²) in [7, 11) is 1.84. The number of ether oxygens (including phenoxy) is 1. The topological polar surface area (TPSA) is 85.2 Å². The third-order valence-corrected chi connectivity index (χ3v) is 4.67. The normalized spacial score (nSPS) is 14.1. The van der Waals surface area contributed by atoms with E-state index in [2.05, 4.69) is 25.2 Å². The number of carbonyl (C=O) groups excluding carboxylic acids is 1. The van der Waals surface area contributed by atoms with Crippen LogP contribution in [0.3, 0.4) is 0 Å². The van der Waals surface area contributed by atoms with Gasteiger partial charge in [0, 0.05) is 55.5 Å². The molecular formula is C20H22N6O2. The molecule has 3 aromatic heterocycles. The van der Waals surface area contributed by atoms with Gasteiger partial charge in [0.2, 0.25) is 5.95 Å². The molecule has 4 heterocycles. The molecule has 1 N–H and O–H groups in total. The van der Waals surface area contributed by atoms with Crippen LogP contribution in [0.4, 0.5) is 11.6 Å². The van der Waals surface area contributed by atoms with Crippen molar-refractivity contribution in [1.29, 1.82) is 0 Å². The Balaban J connectivity index is 1.50. The third kappa shape index (κ3) is 3.86. The maximum absolute atomic E-state index is 12.6. The Morgan fingerprint density at radius 3 is 2.50 bits per heavy atom. The van der Waals surface area contributed by atoms with Crippen molar-refractivity contribution in [2.45, 2.75) is 6.92 Å². The van der Waals surface area contributed by atoms with Crippen molar-refractivity contribution in [1.82, 2.24) is 19.5 Å². The highest BCUT2D eigenvalue weighted by molar-refractivity contribution is 6.04. The number of pyridine rings is 1. The van der Waals surface area contributed by atoms with Crippen LogP contribution in [0.25, 0.3) is 11.1 Å². The molecular weight excluding hydrogens is 356 g/mol. The number of hydrogen-bond acceptors (Lipinski definition) is 6. The zero-order chi connectivity index (χ0) is 19.5. The molecule has 0 aliphatic carbocycles. The van der Waals surface area contributed by atoms with Crippen LogP contribution < -0.4 is 10.2 Å². The van der Waals surface area contributed by atoms with E-state index in [1.165, 1.54) is 0 Å². The third-order valence-electron chi connectivity index (χ3n) is 4.67. The average Bonchev–Trinajstić information content (AvgIpc) is 3.12. The quantitative estimate of drug-likeness (QED) is 0.750. The lowest BCUT2D eigenvalue weighted by Crippen LogP contribution is -2.37. The zero-order valence-electron chi connectivity index (χ0n) is 15.9. The van der Waals surface area contributed by atoms with Gasteiger partial charge in [0.15, 0.2) is 0 Å². The molecule has 1 aliphatic heterocycles. The highest BCUT2D eigenvalue weighted by atomic mass is 16.5. The molecule has 144 valence electrons. The van der Waals surface area contributed by atoms with Crippen LogP contribution in [0.5, 0.6) is 0 Å². The number of aryl methyl sites for hydroxylation is 2. The van der Waals surface area contributed by atoms with Crippen LogP contribution in [0.15, 0.2) is 43.0 Å². The van der Waals surface area contributed by atoms with Crippen molar-refractivity contribution in [3.05, 3.63) is 54.4 Å². The Bertz CT molecular complexity index is 959. The standard InChI is InChI=1S/C20H22N6O2/c1-14-3-4-17(12-21-14)24-19(27)18-9-15(13-25(18)2)16-10-22-20(23-11-16)26-5-7-28-8-6-26/h3-4,9-13H,5-8H2,1-2H3,(H,24,27). The van der Waals surface area contributed by atoms with Gasteiger partial charge < -0.3 is 19.5 Å². The molecule has 1 aliphatic rings. The fraction of sp³-hybridized carbons (Fsp3) is 0.300. The first kappa shape index (κ1) is 18.1. The molecule has 1 fully saturated rings. The van der Waals surface area contributed by atoms with Crippen LogP contribution in [0.1, 0.15) is 16.2 Å². The summed E-state index contributed by atoms with van der Waals surface area (Å²) in [5.41, 5.74) is 3.87. The molecule has 1 amide bonds. The Morgan fingerprint density at radius 1 is 1.07 bits per heavy atom. The lowest BCUT2D eigenvalue weighted by atomic mass is 10.2. The lowest BCUT2D eigenvalue weighted by Gasteiger charge is -2.26. The molecule has 8 nitrogen and oxygen atoms in total. The van der Waals surface area contributed by atoms with Crippen molar-refractivity contribution in [3.63, 3.8) is 0 Å². The maximum Gasteiger partial charge on any atom is 0.272 e. The molecule has 0 saturated carbocycles. The summed E-state index contributed by atoms with van der Waals surface area (Å²) in [5.74, 6) is 0.512. The van der Waals surface area contributed by atoms with E-state index in [1.807, 2.05) is 38.4 Å². The number of rotatable bonds is 4. The van der Waals surface area contributed by atoms with Crippen LogP contribution in [0, 0.1) is 6.92 Å². The summed E-state index contributed by atoms with van der Waals surface area (Å²) >= 11 is 0. The second-order valence-corrected chi connectivity index (χ2v) is 6.74. The highest BCUT2D eigenvalue weighted by Crippen LogP contribution is 2.22. The Labute approximate surface area is 163 Å². The summed E-state index contributed by atoms with van der Waals surface area (Å²) < 4.78 is 7.15. The molecule has 0 aromatic carbocycles. The molecule has 4 rings (SSSR count). The number of aromatic nitrogens is 4. The first-order valence-electron chi connectivity index (χ1n) is 9.15. The van der Waals surface area contributed by atoms with E-state index in [0.29, 0.717) is 30.5 Å². The summed E-state index contributed by atoms with van der Waals surface area (Å²) in [6.07, 6.45) is 7.13. The highest BCUT2D eigenvalue weighted by Gasteiger charge is 2.16. The van der Waals surface area contributed by atoms with E-state index in [0.717, 1.165) is 29.9 Å². The molecule has 8 heteroatoms. The minimum atomic E-state index is -0.190. The number of anilines is 2. The number of morpholine rings is 1. The van der Waals surface area contributed by atoms with Crippen LogP contribution in [-0.2, 0) is 11.8 Å². The van der Waals surface area contributed by atoms with Gasteiger partial charge in [-0.15, -0.1) is 0 Å². The van der Waals surface area contributed by atoms with E-state index in [4.69, 9.17) is 4.74 Å². The van der Waals surface area contributed by atoms with Gasteiger partial charge in [-0.25, -0.2) is 9.97 Å². The van der Waals surface area contributed by atoms with Gasteiger partial charge >= 0.3 is 0 Å². The fourth-order valence-corrected chi connectivity index (χ4v) is 3.08. The predicted molar refractivity (Wildman–Crippen MR) is 106 cm³/mol. The smallest absolute Gasteiger partial charge is 0.272 e. The molecule has 0 bridgehead atoms. The number of nitrogens with one attached hydrogen (secondary N) is 1. The second kappa shape index (κ2) is 7.77. The Morgan fingerprint density at radius 2 is 1.82 bits per heavy atom. The van der Waals surface area contributed by atoms with E-state index in [1.54, 1.807) is 23.2 Å². The largest absolute Gasteiger partial charge is 0.378 e. The van der Waals surface area contributed by atoms with E-state index < -0.39 is 0 Å². The molecule has 0 atom stereocenters. The molecule has 1 saturated heterocycles. The van der Waals surface area contributed by atoms with Crippen LogP contribution >= 0.6 is 0 Å². The molecule has 0 spiro atoms. The summed E-state index contributed by atoms with van der Waals surface area (Å²) in [6.45, 7) is 4.88. The van der Waals surface area contributed by atoms with Gasteiger partial charge in [-0.3, -0.25) is 9.78 Å². The fourth-order valence-electron chi connectivity index (χ4n) is 3.08. The lowest BCUT2D eigenvalue weighted by molar-refractivity contribution is 0.101. The van der Waals surface area contributed by atoms with Gasteiger partial charge in [0.1, 0.15) is 5.69 Å². The van der Waals surface area contributed by atoms with Crippen LogP contribution in [0.2, 0.25) is 0 Å². The Kier molecular flexibility index (Phi) is 5.03. The Hall–Kier alpha value is -3.26. The summed E-state index contributed by atoms with van der Waals surface area (Å²) in [4.78, 5) is 27.9. The number of amides is 1. The number of hydrogen-bond donors (Lipinski definition) is 1. The van der Waals surface area contributed by atoms with Crippen LogP contribution in [-0.4, -0.2) is 51.7 Å². The van der Waals surface area contributed by atoms with Crippen molar-refractivity contribution in [2.24, 2.45) is 7.05 Å². The van der Waals surface area contributed by atoms with Gasteiger partial charge in [0.25, 0.3) is 5.91 Å². The zero-order valence-corrected chi connectivity index (χ0v) is 15.9. The van der Waals surface area contributed by atoms with Gasteiger partial charge in [-0.05, 0) is 25.1 Å². The first-order chi connectivity index (χ1) is 13.6. The molecule has 28 heavy (non-hydrogen) atoms. The van der Waals surface area contributed by atoms with E-state index in [-0.39, 0.29) is 5.91 Å². The van der Waals surface area contributed by atoms with Crippen molar-refractivity contribution in [3.8, 4) is 11.1 Å². The maximum atomic E-state index is 12.6. The number of nitrogens with zero attached hydrogens (tertiary/aromatic N) is 5.